The topological polar surface area (TPSA) is 45.7 Å². The summed E-state index contributed by atoms with van der Waals surface area (Å²) in [4.78, 5) is 22.9. The lowest BCUT2D eigenvalue weighted by Gasteiger charge is -2.27. The largest absolute Gasteiger partial charge is 0.379 e. The first-order valence-electron chi connectivity index (χ1n) is 12.4. The maximum Gasteiger partial charge on any atom is 0.260 e. The van der Waals surface area contributed by atoms with Gasteiger partial charge in [0, 0.05) is 31.7 Å². The molecule has 0 saturated carbocycles. The predicted octanol–water partition coefficient (Wildman–Crippen LogP) is 5.89. The number of fused-ring (bicyclic) bond motifs is 1. The summed E-state index contributed by atoms with van der Waals surface area (Å²) >= 11 is 1.60. The highest BCUT2D eigenvalue weighted by Crippen LogP contribution is 2.31. The smallest absolute Gasteiger partial charge is 0.260 e. The third kappa shape index (κ3) is 5.61. The molecule has 3 aromatic carbocycles. The van der Waals surface area contributed by atoms with Crippen molar-refractivity contribution in [2.75, 3.05) is 44.3 Å². The molecule has 0 unspecified atom stereocenters. The zero-order chi connectivity index (χ0) is 24.0. The minimum atomic E-state index is 0.00126. The summed E-state index contributed by atoms with van der Waals surface area (Å²) in [5, 5.41) is 0.771. The molecule has 0 N–H and O–H groups in total. The van der Waals surface area contributed by atoms with E-state index in [2.05, 4.69) is 42.2 Å². The Morgan fingerprint density at radius 1 is 1.00 bits per heavy atom. The van der Waals surface area contributed by atoms with Crippen molar-refractivity contribution in [1.29, 1.82) is 0 Å². The Hall–Kier alpha value is -3.06. The summed E-state index contributed by atoms with van der Waals surface area (Å²) in [6, 6.07) is 24.5. The Morgan fingerprint density at radius 3 is 2.49 bits per heavy atom. The average molecular weight is 486 g/mol. The van der Waals surface area contributed by atoms with Gasteiger partial charge in [-0.3, -0.25) is 14.6 Å². The third-order valence-corrected chi connectivity index (χ3v) is 7.57. The van der Waals surface area contributed by atoms with E-state index in [1.807, 2.05) is 47.4 Å². The third-order valence-electron chi connectivity index (χ3n) is 6.52. The average Bonchev–Trinajstić information content (AvgIpc) is 3.35. The lowest BCUT2D eigenvalue weighted by atomic mass is 10.0. The fraction of sp³-hybridized carbons (Fsp3) is 0.310. The van der Waals surface area contributed by atoms with Crippen LogP contribution >= 0.6 is 11.3 Å². The summed E-state index contributed by atoms with van der Waals surface area (Å²) in [6.07, 6.45) is 1.88. The Kier molecular flexibility index (Phi) is 7.52. The molecule has 1 saturated heterocycles. The van der Waals surface area contributed by atoms with Gasteiger partial charge in [0.05, 0.1) is 23.4 Å². The molecule has 0 bridgehead atoms. The molecule has 0 aliphatic carbocycles. The number of carbonyl (C=O) groups is 1. The van der Waals surface area contributed by atoms with Crippen molar-refractivity contribution in [3.8, 4) is 11.1 Å². The van der Waals surface area contributed by atoms with Gasteiger partial charge in [-0.2, -0.15) is 0 Å². The van der Waals surface area contributed by atoms with Crippen LogP contribution < -0.4 is 4.90 Å². The van der Waals surface area contributed by atoms with Gasteiger partial charge < -0.3 is 4.74 Å². The summed E-state index contributed by atoms with van der Waals surface area (Å²) in [5.41, 5.74) is 5.17. The fourth-order valence-corrected chi connectivity index (χ4v) is 5.50. The number of aryl methyl sites for hydroxylation is 1. The van der Waals surface area contributed by atoms with E-state index in [9.17, 15) is 4.79 Å². The molecular formula is C29H31N3O2S. The van der Waals surface area contributed by atoms with Crippen LogP contribution in [0.5, 0.6) is 0 Å². The molecule has 1 fully saturated rings. The first kappa shape index (κ1) is 23.7. The summed E-state index contributed by atoms with van der Waals surface area (Å²) in [5.74, 6) is 0.00126. The summed E-state index contributed by atoms with van der Waals surface area (Å²) < 4.78 is 6.60. The normalized spacial score (nSPS) is 14.3. The Bertz CT molecular complexity index is 1260. The second-order valence-electron chi connectivity index (χ2n) is 8.86. The lowest BCUT2D eigenvalue weighted by molar-refractivity contribution is 0.0376. The van der Waals surface area contributed by atoms with Gasteiger partial charge in [-0.15, -0.1) is 0 Å². The number of anilines is 1. The number of morpholine rings is 1. The lowest BCUT2D eigenvalue weighted by Crippen LogP contribution is -2.39. The van der Waals surface area contributed by atoms with Gasteiger partial charge in [-0.25, -0.2) is 4.98 Å². The van der Waals surface area contributed by atoms with Gasteiger partial charge in [0.15, 0.2) is 5.13 Å². The minimum Gasteiger partial charge on any atom is -0.379 e. The Balaban J connectivity index is 1.39. The fourth-order valence-electron chi connectivity index (χ4n) is 4.45. The van der Waals surface area contributed by atoms with Gasteiger partial charge >= 0.3 is 0 Å². The van der Waals surface area contributed by atoms with Crippen LogP contribution in [0.1, 0.15) is 29.3 Å². The summed E-state index contributed by atoms with van der Waals surface area (Å²) in [6.45, 7) is 7.22. The molecule has 0 spiro atoms. The van der Waals surface area contributed by atoms with Crippen molar-refractivity contribution < 1.29 is 9.53 Å². The van der Waals surface area contributed by atoms with E-state index in [-0.39, 0.29) is 5.91 Å². The quantitative estimate of drug-likeness (QED) is 0.312. The van der Waals surface area contributed by atoms with Crippen molar-refractivity contribution in [3.05, 3.63) is 83.9 Å². The van der Waals surface area contributed by atoms with Gasteiger partial charge in [0.1, 0.15) is 0 Å². The molecule has 5 nitrogen and oxygen atoms in total. The number of rotatable bonds is 8. The maximum atomic E-state index is 13.7. The zero-order valence-electron chi connectivity index (χ0n) is 20.2. The zero-order valence-corrected chi connectivity index (χ0v) is 21.0. The molecule has 6 heteroatoms. The number of amides is 1. The van der Waals surface area contributed by atoms with Crippen molar-refractivity contribution >= 4 is 32.6 Å². The molecule has 0 radical (unpaired) electrons. The van der Waals surface area contributed by atoms with Crippen LogP contribution in [0.25, 0.3) is 21.3 Å². The number of carbonyl (C=O) groups excluding carboxylic acids is 1. The highest BCUT2D eigenvalue weighted by molar-refractivity contribution is 7.22. The number of nitrogens with zero attached hydrogens (tertiary/aromatic N) is 3. The molecule has 4 aromatic rings. The van der Waals surface area contributed by atoms with Crippen molar-refractivity contribution in [2.24, 2.45) is 0 Å². The number of hydrogen-bond donors (Lipinski definition) is 0. The molecular weight excluding hydrogens is 454 g/mol. The molecule has 1 aromatic heterocycles. The van der Waals surface area contributed by atoms with Crippen molar-refractivity contribution in [1.82, 2.24) is 9.88 Å². The molecule has 35 heavy (non-hydrogen) atoms. The van der Waals surface area contributed by atoms with E-state index in [0.717, 1.165) is 72.2 Å². The Morgan fingerprint density at radius 2 is 1.74 bits per heavy atom. The van der Waals surface area contributed by atoms with Crippen LogP contribution in [0, 0.1) is 0 Å². The molecule has 1 aliphatic heterocycles. The standard InChI is InChI=1S/C29H31N3O2S/c1-2-22-9-14-26-27(21-22)35-29(30-26)32(16-6-15-31-17-19-34-20-18-31)28(33)25-12-10-24(11-13-25)23-7-4-3-5-8-23/h3-5,7-14,21H,2,6,15-20H2,1H3. The second kappa shape index (κ2) is 11.1. The van der Waals surface area contributed by atoms with Gasteiger partial charge in [0.25, 0.3) is 5.91 Å². The highest BCUT2D eigenvalue weighted by Gasteiger charge is 2.22. The number of ether oxygens (including phenoxy) is 1. The van der Waals surface area contributed by atoms with Crippen LogP contribution in [0.2, 0.25) is 0 Å². The first-order chi connectivity index (χ1) is 17.2. The molecule has 2 heterocycles. The van der Waals surface area contributed by atoms with E-state index in [4.69, 9.17) is 9.72 Å². The van der Waals surface area contributed by atoms with E-state index >= 15 is 0 Å². The molecule has 1 amide bonds. The first-order valence-corrected chi connectivity index (χ1v) is 13.2. The van der Waals surface area contributed by atoms with Crippen LogP contribution in [0.15, 0.2) is 72.8 Å². The highest BCUT2D eigenvalue weighted by atomic mass is 32.1. The number of benzene rings is 3. The minimum absolute atomic E-state index is 0.00126. The van der Waals surface area contributed by atoms with E-state index in [1.54, 1.807) is 11.3 Å². The molecule has 1 aliphatic rings. The summed E-state index contributed by atoms with van der Waals surface area (Å²) in [7, 11) is 0. The van der Waals surface area contributed by atoms with Crippen LogP contribution in [0.4, 0.5) is 5.13 Å². The van der Waals surface area contributed by atoms with E-state index < -0.39 is 0 Å². The van der Waals surface area contributed by atoms with Crippen molar-refractivity contribution in [2.45, 2.75) is 19.8 Å². The van der Waals surface area contributed by atoms with Crippen LogP contribution in [0.3, 0.4) is 0 Å². The van der Waals surface area contributed by atoms with E-state index in [0.29, 0.717) is 12.1 Å². The maximum absolute atomic E-state index is 13.7. The molecule has 0 atom stereocenters. The van der Waals surface area contributed by atoms with Crippen LogP contribution in [-0.2, 0) is 11.2 Å². The number of hydrogen-bond acceptors (Lipinski definition) is 5. The number of thiazole rings is 1. The number of aromatic nitrogens is 1. The van der Waals surface area contributed by atoms with Crippen LogP contribution in [-0.4, -0.2) is 55.2 Å². The van der Waals surface area contributed by atoms with Crippen molar-refractivity contribution in [3.63, 3.8) is 0 Å². The second-order valence-corrected chi connectivity index (χ2v) is 9.87. The van der Waals surface area contributed by atoms with Gasteiger partial charge in [0.2, 0.25) is 0 Å². The monoisotopic (exact) mass is 485 g/mol. The van der Waals surface area contributed by atoms with E-state index in [1.165, 1.54) is 5.56 Å². The molecule has 5 rings (SSSR count). The molecule has 180 valence electrons. The predicted molar refractivity (Wildman–Crippen MR) is 144 cm³/mol. The van der Waals surface area contributed by atoms with Gasteiger partial charge in [-0.05, 0) is 53.8 Å². The van der Waals surface area contributed by atoms with Gasteiger partial charge in [-0.1, -0.05) is 66.8 Å². The SMILES string of the molecule is CCc1ccc2nc(N(CCCN3CCOCC3)C(=O)c3ccc(-c4ccccc4)cc3)sc2c1. The Labute approximate surface area is 211 Å².